The van der Waals surface area contributed by atoms with Crippen molar-refractivity contribution in [3.8, 4) is 5.69 Å². The fourth-order valence-corrected chi connectivity index (χ4v) is 3.21. The summed E-state index contributed by atoms with van der Waals surface area (Å²) in [5.41, 5.74) is 7.53. The number of benzene rings is 1. The second kappa shape index (κ2) is 5.57. The predicted molar refractivity (Wildman–Crippen MR) is 84.0 cm³/mol. The van der Waals surface area contributed by atoms with Crippen molar-refractivity contribution in [1.29, 1.82) is 0 Å². The molecular formula is C17H21N3O2. The van der Waals surface area contributed by atoms with Crippen LogP contribution in [0.5, 0.6) is 0 Å². The van der Waals surface area contributed by atoms with Gasteiger partial charge in [-0.25, -0.2) is 4.98 Å². The number of carboxylic acid groups (broad SMARTS) is 1. The van der Waals surface area contributed by atoms with Gasteiger partial charge in [-0.3, -0.25) is 4.79 Å². The first-order chi connectivity index (χ1) is 10.6. The van der Waals surface area contributed by atoms with Crippen LogP contribution in [0.4, 0.5) is 0 Å². The number of carbonyl (C=O) groups is 1. The molecule has 2 atom stereocenters. The van der Waals surface area contributed by atoms with Gasteiger partial charge in [0.15, 0.2) is 0 Å². The largest absolute Gasteiger partial charge is 0.481 e. The van der Waals surface area contributed by atoms with Crippen molar-refractivity contribution in [3.63, 3.8) is 0 Å². The lowest BCUT2D eigenvalue weighted by Crippen LogP contribution is -2.23. The van der Waals surface area contributed by atoms with E-state index in [2.05, 4.69) is 11.1 Å². The number of aromatic nitrogens is 2. The van der Waals surface area contributed by atoms with E-state index < -0.39 is 11.4 Å². The molecule has 5 nitrogen and oxygen atoms in total. The Morgan fingerprint density at radius 1 is 1.55 bits per heavy atom. The maximum atomic E-state index is 11.8. The molecule has 3 N–H and O–H groups in total. The lowest BCUT2D eigenvalue weighted by molar-refractivity contribution is -0.140. The molecule has 1 aliphatic carbocycles. The Hall–Kier alpha value is -2.14. The number of nitrogens with zero attached hydrogens (tertiary/aromatic N) is 2. The molecule has 1 fully saturated rings. The summed E-state index contributed by atoms with van der Waals surface area (Å²) in [6.07, 6.45) is 5.92. The number of imidazole rings is 1. The smallest absolute Gasteiger partial charge is 0.316 e. The molecule has 5 heteroatoms. The monoisotopic (exact) mass is 299 g/mol. The number of aliphatic carboxylic acids is 1. The van der Waals surface area contributed by atoms with E-state index in [9.17, 15) is 9.90 Å². The van der Waals surface area contributed by atoms with Crippen molar-refractivity contribution in [2.75, 3.05) is 6.54 Å². The summed E-state index contributed by atoms with van der Waals surface area (Å²) in [5, 5.41) is 9.67. The van der Waals surface area contributed by atoms with E-state index in [4.69, 9.17) is 5.73 Å². The zero-order valence-electron chi connectivity index (χ0n) is 12.7. The molecule has 0 bridgehead atoms. The van der Waals surface area contributed by atoms with Gasteiger partial charge in [-0.05, 0) is 56.3 Å². The van der Waals surface area contributed by atoms with Crippen LogP contribution in [0.15, 0.2) is 36.8 Å². The molecule has 1 saturated carbocycles. The lowest BCUT2D eigenvalue weighted by Gasteiger charge is -2.09. The maximum Gasteiger partial charge on any atom is 0.316 e. The second-order valence-electron chi connectivity index (χ2n) is 6.11. The third-order valence-corrected chi connectivity index (χ3v) is 4.58. The first-order valence-electron chi connectivity index (χ1n) is 7.63. The Bertz CT molecular complexity index is 695. The fourth-order valence-electron chi connectivity index (χ4n) is 3.21. The second-order valence-corrected chi connectivity index (χ2v) is 6.11. The van der Waals surface area contributed by atoms with E-state index in [0.717, 1.165) is 24.1 Å². The summed E-state index contributed by atoms with van der Waals surface area (Å²) >= 11 is 0. The Kier molecular flexibility index (Phi) is 3.74. The SMILES string of the molecule is Cc1cccc(-n2cnc([C@@]3(C(=O)O)C[C@@H]3CCCN)c2)c1. The highest BCUT2D eigenvalue weighted by Gasteiger charge is 2.62. The highest BCUT2D eigenvalue weighted by Crippen LogP contribution is 2.56. The molecule has 116 valence electrons. The van der Waals surface area contributed by atoms with Crippen LogP contribution >= 0.6 is 0 Å². The summed E-state index contributed by atoms with van der Waals surface area (Å²) in [6.45, 7) is 2.63. The fraction of sp³-hybridized carbons (Fsp3) is 0.412. The molecule has 3 rings (SSSR count). The molecule has 1 aliphatic rings. The summed E-state index contributed by atoms with van der Waals surface area (Å²) in [5.74, 6) is -0.626. The Labute approximate surface area is 129 Å². The molecular weight excluding hydrogens is 278 g/mol. The van der Waals surface area contributed by atoms with Crippen molar-refractivity contribution in [1.82, 2.24) is 9.55 Å². The molecule has 1 heterocycles. The summed E-state index contributed by atoms with van der Waals surface area (Å²) in [4.78, 5) is 16.2. The van der Waals surface area contributed by atoms with Crippen LogP contribution in [0.2, 0.25) is 0 Å². The number of hydrogen-bond donors (Lipinski definition) is 2. The lowest BCUT2D eigenvalue weighted by atomic mass is 9.98. The number of rotatable bonds is 6. The van der Waals surface area contributed by atoms with E-state index in [1.54, 1.807) is 6.33 Å². The summed E-state index contributed by atoms with van der Waals surface area (Å²) < 4.78 is 1.89. The zero-order valence-corrected chi connectivity index (χ0v) is 12.7. The molecule has 0 unspecified atom stereocenters. The number of nitrogens with two attached hydrogens (primary N) is 1. The molecule has 22 heavy (non-hydrogen) atoms. The van der Waals surface area contributed by atoms with Crippen LogP contribution in [0.3, 0.4) is 0 Å². The molecule has 1 aromatic carbocycles. The number of carboxylic acids is 1. The van der Waals surface area contributed by atoms with Crippen molar-refractivity contribution >= 4 is 5.97 Å². The van der Waals surface area contributed by atoms with Crippen LogP contribution in [0.25, 0.3) is 5.69 Å². The highest BCUT2D eigenvalue weighted by atomic mass is 16.4. The number of hydrogen-bond acceptors (Lipinski definition) is 3. The predicted octanol–water partition coefficient (Wildman–Crippen LogP) is 2.26. The van der Waals surface area contributed by atoms with Crippen LogP contribution in [-0.2, 0) is 10.2 Å². The highest BCUT2D eigenvalue weighted by molar-refractivity contribution is 5.85. The van der Waals surface area contributed by atoms with Gasteiger partial charge < -0.3 is 15.4 Å². The van der Waals surface area contributed by atoms with E-state index in [-0.39, 0.29) is 5.92 Å². The van der Waals surface area contributed by atoms with Crippen molar-refractivity contribution in [3.05, 3.63) is 48.0 Å². The number of aryl methyl sites for hydroxylation is 1. The molecule has 0 saturated heterocycles. The van der Waals surface area contributed by atoms with Gasteiger partial charge in [0.2, 0.25) is 0 Å². The van der Waals surface area contributed by atoms with Crippen LogP contribution in [0.1, 0.15) is 30.5 Å². The van der Waals surface area contributed by atoms with E-state index >= 15 is 0 Å². The topological polar surface area (TPSA) is 81.1 Å². The van der Waals surface area contributed by atoms with Gasteiger partial charge in [-0.15, -0.1) is 0 Å². The van der Waals surface area contributed by atoms with Crippen molar-refractivity contribution in [2.24, 2.45) is 11.7 Å². The molecule has 0 spiro atoms. The van der Waals surface area contributed by atoms with Gasteiger partial charge in [-0.2, -0.15) is 0 Å². The molecule has 0 radical (unpaired) electrons. The molecule has 0 aliphatic heterocycles. The first-order valence-corrected chi connectivity index (χ1v) is 7.63. The van der Waals surface area contributed by atoms with Gasteiger partial charge in [0.25, 0.3) is 0 Å². The average molecular weight is 299 g/mol. The van der Waals surface area contributed by atoms with E-state index in [1.807, 2.05) is 35.9 Å². The van der Waals surface area contributed by atoms with Gasteiger partial charge >= 0.3 is 5.97 Å². The van der Waals surface area contributed by atoms with Crippen molar-refractivity contribution in [2.45, 2.75) is 31.6 Å². The van der Waals surface area contributed by atoms with Gasteiger partial charge in [-0.1, -0.05) is 12.1 Å². The van der Waals surface area contributed by atoms with Gasteiger partial charge in [0, 0.05) is 11.9 Å². The summed E-state index contributed by atoms with van der Waals surface area (Å²) in [7, 11) is 0. The molecule has 2 aromatic rings. The minimum Gasteiger partial charge on any atom is -0.481 e. The van der Waals surface area contributed by atoms with Gasteiger partial charge in [0.05, 0.1) is 12.0 Å². The molecule has 1 aromatic heterocycles. The van der Waals surface area contributed by atoms with Crippen LogP contribution in [-0.4, -0.2) is 27.2 Å². The minimum atomic E-state index is -0.815. The van der Waals surface area contributed by atoms with Crippen molar-refractivity contribution < 1.29 is 9.90 Å². The van der Waals surface area contributed by atoms with Crippen LogP contribution < -0.4 is 5.73 Å². The van der Waals surface area contributed by atoms with Gasteiger partial charge in [0.1, 0.15) is 5.41 Å². The Morgan fingerprint density at radius 3 is 3.05 bits per heavy atom. The standard InChI is InChI=1S/C17H21N3O2/c1-12-4-2-6-14(8-12)20-10-15(19-11-20)17(16(21)22)9-13(17)5-3-7-18/h2,4,6,8,10-11,13H,3,5,7,9,18H2,1H3,(H,21,22)/t13-,17+/m0/s1. The van der Waals surface area contributed by atoms with E-state index in [0.29, 0.717) is 18.7 Å². The van der Waals surface area contributed by atoms with Crippen LogP contribution in [0, 0.1) is 12.8 Å². The third kappa shape index (κ3) is 2.41. The first kappa shape index (κ1) is 14.8. The average Bonchev–Trinajstić information content (AvgIpc) is 3.02. The molecule has 0 amide bonds. The maximum absolute atomic E-state index is 11.8. The minimum absolute atomic E-state index is 0.148. The quantitative estimate of drug-likeness (QED) is 0.857. The normalized spacial score (nSPS) is 23.5. The zero-order chi connectivity index (χ0) is 15.7. The Balaban J connectivity index is 1.88. The third-order valence-electron chi connectivity index (χ3n) is 4.58. The van der Waals surface area contributed by atoms with E-state index in [1.165, 1.54) is 0 Å². The summed E-state index contributed by atoms with van der Waals surface area (Å²) in [6, 6.07) is 8.06. The Morgan fingerprint density at radius 2 is 2.36 bits per heavy atom.